The Balaban J connectivity index is 1.90. The molecule has 1 saturated heterocycles. The third kappa shape index (κ3) is 2.22. The minimum atomic E-state index is 0.772. The summed E-state index contributed by atoms with van der Waals surface area (Å²) in [6.07, 6.45) is 2.56. The van der Waals surface area contributed by atoms with Gasteiger partial charge in [-0.25, -0.2) is 0 Å². The summed E-state index contributed by atoms with van der Waals surface area (Å²) >= 11 is 2.06. The molecule has 2 aromatic rings. The van der Waals surface area contributed by atoms with E-state index >= 15 is 0 Å². The lowest BCUT2D eigenvalue weighted by molar-refractivity contribution is 0.531. The number of piperidine rings is 1. The number of thioether (sulfide) groups is 1. The van der Waals surface area contributed by atoms with E-state index in [9.17, 15) is 0 Å². The number of hydrogen-bond acceptors (Lipinski definition) is 2. The number of hydrogen-bond donors (Lipinski definition) is 2. The second-order valence-electron chi connectivity index (χ2n) is 4.69. The van der Waals surface area contributed by atoms with Gasteiger partial charge in [0.1, 0.15) is 0 Å². The number of aromatic amines is 1. The topological polar surface area (TPSA) is 27.8 Å². The highest BCUT2D eigenvalue weighted by Gasteiger charge is 2.17. The summed E-state index contributed by atoms with van der Waals surface area (Å²) in [7, 11) is 0. The molecule has 0 spiro atoms. The Morgan fingerprint density at radius 3 is 2.76 bits per heavy atom. The molecule has 2 N–H and O–H groups in total. The number of H-pyrrole nitrogens is 1. The van der Waals surface area contributed by atoms with Crippen molar-refractivity contribution in [3.8, 4) is 0 Å². The molecule has 1 aromatic heterocycles. The van der Waals surface area contributed by atoms with E-state index in [1.807, 2.05) is 0 Å². The lowest BCUT2D eigenvalue weighted by Gasteiger charge is -2.22. The number of rotatable bonds is 2. The van der Waals surface area contributed by atoms with E-state index in [4.69, 9.17) is 0 Å². The lowest BCUT2D eigenvalue weighted by Crippen LogP contribution is -2.29. The third-order valence-corrected chi connectivity index (χ3v) is 4.97. The summed E-state index contributed by atoms with van der Waals surface area (Å²) in [5.74, 6) is 0. The van der Waals surface area contributed by atoms with Crippen LogP contribution in [0.2, 0.25) is 0 Å². The molecule has 1 fully saturated rings. The van der Waals surface area contributed by atoms with Crippen molar-refractivity contribution in [2.45, 2.75) is 29.9 Å². The predicted molar refractivity (Wildman–Crippen MR) is 74.8 cm³/mol. The zero-order valence-corrected chi connectivity index (χ0v) is 10.9. The van der Waals surface area contributed by atoms with Gasteiger partial charge in [0.05, 0.1) is 0 Å². The highest BCUT2D eigenvalue weighted by Crippen LogP contribution is 2.36. The Kier molecular flexibility index (Phi) is 3.12. The van der Waals surface area contributed by atoms with Gasteiger partial charge >= 0.3 is 0 Å². The summed E-state index contributed by atoms with van der Waals surface area (Å²) < 4.78 is 0. The van der Waals surface area contributed by atoms with Gasteiger partial charge in [-0.05, 0) is 38.9 Å². The molecule has 0 unspecified atom stereocenters. The van der Waals surface area contributed by atoms with Crippen molar-refractivity contribution >= 4 is 22.7 Å². The first-order chi connectivity index (χ1) is 8.34. The largest absolute Gasteiger partial charge is 0.358 e. The summed E-state index contributed by atoms with van der Waals surface area (Å²) in [5.41, 5.74) is 2.58. The van der Waals surface area contributed by atoms with Gasteiger partial charge < -0.3 is 10.3 Å². The van der Waals surface area contributed by atoms with Crippen LogP contribution in [0.4, 0.5) is 0 Å². The van der Waals surface area contributed by atoms with E-state index in [1.54, 1.807) is 0 Å². The molecule has 0 radical (unpaired) electrons. The molecule has 0 atom stereocenters. The molecule has 0 bridgehead atoms. The van der Waals surface area contributed by atoms with Crippen LogP contribution in [-0.4, -0.2) is 23.3 Å². The van der Waals surface area contributed by atoms with E-state index in [0.29, 0.717) is 0 Å². The quantitative estimate of drug-likeness (QED) is 0.850. The average Bonchev–Trinajstić information content (AvgIpc) is 2.68. The van der Waals surface area contributed by atoms with E-state index in [0.717, 1.165) is 5.25 Å². The Labute approximate surface area is 106 Å². The van der Waals surface area contributed by atoms with Crippen LogP contribution in [0.15, 0.2) is 29.2 Å². The van der Waals surface area contributed by atoms with Crippen LogP contribution < -0.4 is 5.32 Å². The van der Waals surface area contributed by atoms with E-state index in [2.05, 4.69) is 53.3 Å². The molecule has 3 rings (SSSR count). The molecule has 0 saturated carbocycles. The summed E-state index contributed by atoms with van der Waals surface area (Å²) in [5, 5.41) is 5.58. The van der Waals surface area contributed by atoms with Crippen molar-refractivity contribution < 1.29 is 0 Å². The Morgan fingerprint density at radius 1 is 1.18 bits per heavy atom. The number of para-hydroxylation sites is 1. The maximum atomic E-state index is 3.48. The van der Waals surface area contributed by atoms with Gasteiger partial charge in [0, 0.05) is 26.7 Å². The maximum Gasteiger partial charge on any atom is 0.0467 e. The molecule has 2 nitrogen and oxygen atoms in total. The molecule has 17 heavy (non-hydrogen) atoms. The molecule has 1 aromatic carbocycles. The fourth-order valence-electron chi connectivity index (χ4n) is 2.48. The minimum absolute atomic E-state index is 0.772. The molecule has 1 aliphatic heterocycles. The maximum absolute atomic E-state index is 3.48. The first kappa shape index (κ1) is 11.2. The molecule has 3 heteroatoms. The fraction of sp³-hybridized carbons (Fsp3) is 0.429. The van der Waals surface area contributed by atoms with Crippen molar-refractivity contribution in [3.63, 3.8) is 0 Å². The number of nitrogens with one attached hydrogen (secondary N) is 2. The van der Waals surface area contributed by atoms with Crippen LogP contribution in [0.1, 0.15) is 18.5 Å². The zero-order valence-electron chi connectivity index (χ0n) is 10.1. The van der Waals surface area contributed by atoms with Crippen LogP contribution in [0.3, 0.4) is 0 Å². The van der Waals surface area contributed by atoms with Crippen molar-refractivity contribution in [1.29, 1.82) is 0 Å². The Hall–Kier alpha value is -0.930. The molecule has 2 heterocycles. The average molecular weight is 246 g/mol. The fourth-order valence-corrected chi connectivity index (χ4v) is 3.82. The molecule has 90 valence electrons. The molecule has 1 aliphatic rings. The minimum Gasteiger partial charge on any atom is -0.358 e. The Morgan fingerprint density at radius 2 is 1.94 bits per heavy atom. The van der Waals surface area contributed by atoms with Gasteiger partial charge in [-0.15, -0.1) is 11.8 Å². The van der Waals surface area contributed by atoms with E-state index in [-0.39, 0.29) is 0 Å². The van der Waals surface area contributed by atoms with E-state index in [1.165, 1.54) is 47.4 Å². The Bertz CT molecular complexity index is 512. The molecule has 0 amide bonds. The van der Waals surface area contributed by atoms with Gasteiger partial charge in [0.15, 0.2) is 0 Å². The van der Waals surface area contributed by atoms with Crippen LogP contribution >= 0.6 is 11.8 Å². The van der Waals surface area contributed by atoms with Crippen molar-refractivity contribution in [2.24, 2.45) is 0 Å². The van der Waals surface area contributed by atoms with E-state index < -0.39 is 0 Å². The zero-order chi connectivity index (χ0) is 11.7. The highest BCUT2D eigenvalue weighted by atomic mass is 32.2. The van der Waals surface area contributed by atoms with Crippen LogP contribution in [0.5, 0.6) is 0 Å². The SMILES string of the molecule is Cc1[nH]c2ccccc2c1SC1CCNCC1. The van der Waals surface area contributed by atoms with Crippen LogP contribution in [0, 0.1) is 6.92 Å². The van der Waals surface area contributed by atoms with Gasteiger partial charge in [0.2, 0.25) is 0 Å². The first-order valence-corrected chi connectivity index (χ1v) is 7.17. The highest BCUT2D eigenvalue weighted by molar-refractivity contribution is 8.00. The normalized spacial score (nSPS) is 17.7. The monoisotopic (exact) mass is 246 g/mol. The van der Waals surface area contributed by atoms with Gasteiger partial charge in [-0.2, -0.15) is 0 Å². The van der Waals surface area contributed by atoms with Gasteiger partial charge in [-0.3, -0.25) is 0 Å². The molecular weight excluding hydrogens is 228 g/mol. The molecular formula is C14H18N2S. The van der Waals surface area contributed by atoms with Crippen LogP contribution in [-0.2, 0) is 0 Å². The number of fused-ring (bicyclic) bond motifs is 1. The van der Waals surface area contributed by atoms with Crippen molar-refractivity contribution in [3.05, 3.63) is 30.0 Å². The van der Waals surface area contributed by atoms with Crippen molar-refractivity contribution in [2.75, 3.05) is 13.1 Å². The van der Waals surface area contributed by atoms with Crippen molar-refractivity contribution in [1.82, 2.24) is 10.3 Å². The predicted octanol–water partition coefficient (Wildman–Crippen LogP) is 3.32. The first-order valence-electron chi connectivity index (χ1n) is 6.29. The van der Waals surface area contributed by atoms with Gasteiger partial charge in [0.25, 0.3) is 0 Å². The standard InChI is InChI=1S/C14H18N2S/c1-10-14(17-11-6-8-15-9-7-11)12-4-2-3-5-13(12)16-10/h2-5,11,15-16H,6-9H2,1H3. The van der Waals surface area contributed by atoms with Gasteiger partial charge in [-0.1, -0.05) is 18.2 Å². The summed E-state index contributed by atoms with van der Waals surface area (Å²) in [6, 6.07) is 8.61. The summed E-state index contributed by atoms with van der Waals surface area (Å²) in [4.78, 5) is 4.93. The molecule has 0 aliphatic carbocycles. The number of aromatic nitrogens is 1. The second-order valence-corrected chi connectivity index (χ2v) is 6.00. The van der Waals surface area contributed by atoms with Crippen LogP contribution in [0.25, 0.3) is 10.9 Å². The smallest absolute Gasteiger partial charge is 0.0467 e. The summed E-state index contributed by atoms with van der Waals surface area (Å²) in [6.45, 7) is 4.52. The number of benzene rings is 1. The second kappa shape index (κ2) is 4.75. The third-order valence-electron chi connectivity index (χ3n) is 3.41. The lowest BCUT2D eigenvalue weighted by atomic mass is 10.2. The number of aryl methyl sites for hydroxylation is 1.